The van der Waals surface area contributed by atoms with E-state index in [1.54, 1.807) is 0 Å². The summed E-state index contributed by atoms with van der Waals surface area (Å²) in [5.74, 6) is 0. The summed E-state index contributed by atoms with van der Waals surface area (Å²) < 4.78 is 0. The highest BCUT2D eigenvalue weighted by Crippen LogP contribution is 2.42. The van der Waals surface area contributed by atoms with Gasteiger partial charge in [-0.25, -0.2) is 0 Å². The molecule has 0 bridgehead atoms. The molecule has 1 unspecified atom stereocenters. The number of benzene rings is 2. The highest BCUT2D eigenvalue weighted by atomic mass is 32.2. The Bertz CT molecular complexity index is 690. The zero-order valence-corrected chi connectivity index (χ0v) is 11.8. The summed E-state index contributed by atoms with van der Waals surface area (Å²) in [7, 11) is 0. The van der Waals surface area contributed by atoms with Crippen LogP contribution in [0, 0.1) is 6.07 Å². The van der Waals surface area contributed by atoms with Gasteiger partial charge in [-0.1, -0.05) is 48.5 Å². The van der Waals surface area contributed by atoms with Crippen LogP contribution < -0.4 is 0 Å². The summed E-state index contributed by atoms with van der Waals surface area (Å²) in [5, 5.41) is 2.47. The molecule has 0 saturated carbocycles. The van der Waals surface area contributed by atoms with Crippen molar-refractivity contribution in [2.45, 2.75) is 5.25 Å². The van der Waals surface area contributed by atoms with Crippen LogP contribution in [0.25, 0.3) is 4.85 Å². The van der Waals surface area contributed by atoms with E-state index in [1.807, 2.05) is 54.4 Å². The molecule has 0 radical (unpaired) electrons. The first-order chi connectivity index (χ1) is 9.93. The second kappa shape index (κ2) is 6.27. The Morgan fingerprint density at radius 1 is 0.950 bits per heavy atom. The molecule has 1 heterocycles. The minimum absolute atomic E-state index is 0.345. The van der Waals surface area contributed by atoms with Crippen molar-refractivity contribution in [2.24, 2.45) is 0 Å². The third kappa shape index (κ3) is 3.01. The predicted molar refractivity (Wildman–Crippen MR) is 86.8 cm³/mol. The number of hydrogen-bond acceptors (Lipinski definition) is 1. The van der Waals surface area contributed by atoms with Crippen LogP contribution in [0.4, 0.5) is 0 Å². The molecule has 0 spiro atoms. The quantitative estimate of drug-likeness (QED) is 0.688. The summed E-state index contributed by atoms with van der Waals surface area (Å²) >= 11 is 1.81. The van der Waals surface area contributed by atoms with Crippen molar-refractivity contribution in [1.82, 2.24) is 0 Å². The number of nitrogens with zero attached hydrogens (tertiary/aromatic N) is 1. The second-order valence-corrected chi connectivity index (χ2v) is 5.48. The molecule has 0 amide bonds. The fraction of sp³-hybridized carbons (Fsp3) is 0.0556. The molecule has 0 N–H and O–H groups in total. The smallest absolute Gasteiger partial charge is 0.121 e. The summed E-state index contributed by atoms with van der Waals surface area (Å²) in [6.07, 6.45) is 4.03. The summed E-state index contributed by atoms with van der Waals surface area (Å²) in [6, 6.07) is 23.5. The van der Waals surface area contributed by atoms with Gasteiger partial charge in [0.25, 0.3) is 0 Å². The highest BCUT2D eigenvalue weighted by molar-refractivity contribution is 8.02. The lowest BCUT2D eigenvalue weighted by atomic mass is 10.1. The van der Waals surface area contributed by atoms with E-state index in [0.29, 0.717) is 5.25 Å². The van der Waals surface area contributed by atoms with Crippen LogP contribution in [-0.4, -0.2) is 0 Å². The molecule has 20 heavy (non-hydrogen) atoms. The van der Waals surface area contributed by atoms with Gasteiger partial charge in [-0.2, -0.15) is 0 Å². The van der Waals surface area contributed by atoms with Crippen molar-refractivity contribution in [1.29, 1.82) is 0 Å². The van der Waals surface area contributed by atoms with Gasteiger partial charge in [-0.3, -0.25) is 0 Å². The van der Waals surface area contributed by atoms with Gasteiger partial charge in [0, 0.05) is 0 Å². The molecular formula is C18H14NS+. The third-order valence-corrected chi connectivity index (χ3v) is 4.17. The van der Waals surface area contributed by atoms with Crippen molar-refractivity contribution >= 4 is 11.8 Å². The van der Waals surface area contributed by atoms with E-state index in [-0.39, 0.29) is 0 Å². The lowest BCUT2D eigenvalue weighted by molar-refractivity contribution is 1.18. The van der Waals surface area contributed by atoms with E-state index in [2.05, 4.69) is 46.7 Å². The molecule has 1 aliphatic heterocycles. The largest absolute Gasteiger partial charge is 0.319 e. The summed E-state index contributed by atoms with van der Waals surface area (Å²) in [6.45, 7) is 0. The van der Waals surface area contributed by atoms with Crippen molar-refractivity contribution in [2.75, 3.05) is 0 Å². The number of allylic oxidation sites excluding steroid dienone is 1. The number of rotatable bonds is 1. The van der Waals surface area contributed by atoms with Gasteiger partial charge < -0.3 is 0 Å². The SMILES string of the molecule is C(#[N+]/C=C1/C=CSC1c1ccccc1)c1ccccc1. The van der Waals surface area contributed by atoms with E-state index in [1.165, 1.54) is 11.1 Å². The molecule has 3 rings (SSSR count). The monoisotopic (exact) mass is 276 g/mol. The molecule has 0 aliphatic carbocycles. The normalized spacial score (nSPS) is 18.8. The van der Waals surface area contributed by atoms with Crippen molar-refractivity contribution < 1.29 is 0 Å². The number of thioether (sulfide) groups is 1. The Hall–Kier alpha value is -2.24. The Labute approximate surface area is 123 Å². The van der Waals surface area contributed by atoms with Gasteiger partial charge >= 0.3 is 12.3 Å². The van der Waals surface area contributed by atoms with Crippen LogP contribution in [-0.2, 0) is 0 Å². The molecule has 2 aromatic rings. The van der Waals surface area contributed by atoms with Crippen LogP contribution in [0.3, 0.4) is 0 Å². The van der Waals surface area contributed by atoms with E-state index in [4.69, 9.17) is 0 Å². The minimum Gasteiger partial charge on any atom is -0.121 e. The van der Waals surface area contributed by atoms with E-state index < -0.39 is 0 Å². The predicted octanol–water partition coefficient (Wildman–Crippen LogP) is 5.25. The van der Waals surface area contributed by atoms with E-state index >= 15 is 0 Å². The zero-order valence-electron chi connectivity index (χ0n) is 10.9. The summed E-state index contributed by atoms with van der Waals surface area (Å²) in [4.78, 5) is 4.32. The van der Waals surface area contributed by atoms with E-state index in [9.17, 15) is 0 Å². The molecule has 1 aliphatic rings. The van der Waals surface area contributed by atoms with Crippen LogP contribution in [0.2, 0.25) is 0 Å². The number of hydrogen-bond donors (Lipinski definition) is 0. The molecule has 2 aromatic carbocycles. The standard InChI is InChI=1S/C18H14NS/c1-3-7-15(8-4-1)13-19-14-17-11-12-20-18(17)16-9-5-2-6-10-16/h1-12,14,18H/q+1/b17-14-. The average Bonchev–Trinajstić information content (AvgIpc) is 2.98. The molecule has 0 aromatic heterocycles. The lowest BCUT2D eigenvalue weighted by Crippen LogP contribution is -1.91. The molecule has 96 valence electrons. The fourth-order valence-electron chi connectivity index (χ4n) is 2.07. The Morgan fingerprint density at radius 2 is 1.65 bits per heavy atom. The van der Waals surface area contributed by atoms with Gasteiger partial charge in [-0.15, -0.1) is 11.8 Å². The topological polar surface area (TPSA) is 4.36 Å². The van der Waals surface area contributed by atoms with Gasteiger partial charge in [-0.05, 0) is 34.0 Å². The summed E-state index contributed by atoms with van der Waals surface area (Å²) in [5.41, 5.74) is 3.52. The van der Waals surface area contributed by atoms with Gasteiger partial charge in [0.15, 0.2) is 0 Å². The Balaban J connectivity index is 1.81. The van der Waals surface area contributed by atoms with Crippen molar-refractivity contribution in [3.8, 4) is 6.07 Å². The first-order valence-electron chi connectivity index (χ1n) is 6.51. The Morgan fingerprint density at radius 3 is 2.40 bits per heavy atom. The molecule has 0 fully saturated rings. The molecule has 2 heteroatoms. The first kappa shape index (κ1) is 12.8. The maximum atomic E-state index is 4.32. The van der Waals surface area contributed by atoms with Crippen LogP contribution in [0.15, 0.2) is 83.9 Å². The zero-order chi connectivity index (χ0) is 13.6. The van der Waals surface area contributed by atoms with E-state index in [0.717, 1.165) is 5.56 Å². The van der Waals surface area contributed by atoms with Gasteiger partial charge in [0.1, 0.15) is 5.56 Å². The highest BCUT2D eigenvalue weighted by Gasteiger charge is 2.21. The van der Waals surface area contributed by atoms with Crippen molar-refractivity contribution in [3.63, 3.8) is 0 Å². The maximum absolute atomic E-state index is 4.32. The average molecular weight is 276 g/mol. The molecular weight excluding hydrogens is 262 g/mol. The van der Waals surface area contributed by atoms with Gasteiger partial charge in [0.05, 0.1) is 10.8 Å². The van der Waals surface area contributed by atoms with Crippen molar-refractivity contribution in [3.05, 3.63) is 99.9 Å². The van der Waals surface area contributed by atoms with Crippen LogP contribution >= 0.6 is 11.8 Å². The molecule has 0 saturated heterocycles. The fourth-order valence-corrected chi connectivity index (χ4v) is 3.07. The van der Waals surface area contributed by atoms with Gasteiger partial charge in [0.2, 0.25) is 0 Å². The maximum Gasteiger partial charge on any atom is 0.319 e. The lowest BCUT2D eigenvalue weighted by Gasteiger charge is -2.08. The molecule has 1 nitrogen and oxygen atoms in total. The third-order valence-electron chi connectivity index (χ3n) is 3.06. The first-order valence-corrected chi connectivity index (χ1v) is 7.46. The minimum atomic E-state index is 0.345. The molecule has 1 atom stereocenters. The van der Waals surface area contributed by atoms with Crippen LogP contribution in [0.5, 0.6) is 0 Å². The second-order valence-electron chi connectivity index (χ2n) is 4.47. The van der Waals surface area contributed by atoms with Crippen LogP contribution in [0.1, 0.15) is 16.4 Å². The Kier molecular flexibility index (Phi) is 4.01.